The Kier molecular flexibility index (Phi) is 5.22. The third-order valence-electron chi connectivity index (χ3n) is 5.02. The number of benzene rings is 1. The molecule has 0 spiro atoms. The number of fused-ring (bicyclic) bond motifs is 1. The molecule has 1 fully saturated rings. The molecule has 1 amide bonds. The molecule has 4 rings (SSSR count). The Morgan fingerprint density at radius 2 is 2.17 bits per heavy atom. The number of nitrogens with one attached hydrogen (secondary N) is 1. The van der Waals surface area contributed by atoms with Crippen LogP contribution in [0.4, 0.5) is 18.9 Å². The molecule has 0 radical (unpaired) electrons. The van der Waals surface area contributed by atoms with Gasteiger partial charge in [0.1, 0.15) is 17.1 Å². The second-order valence-electron chi connectivity index (χ2n) is 6.82. The first-order valence-corrected chi connectivity index (χ1v) is 9.79. The zero-order valence-corrected chi connectivity index (χ0v) is 15.9. The van der Waals surface area contributed by atoms with Gasteiger partial charge in [0.05, 0.1) is 13.2 Å². The average Bonchev–Trinajstić information content (AvgIpc) is 3.13. The Morgan fingerprint density at radius 1 is 1.34 bits per heavy atom. The molecule has 6 nitrogen and oxygen atoms in total. The van der Waals surface area contributed by atoms with E-state index in [1.54, 1.807) is 0 Å². The number of anilines is 1. The molecule has 2 aliphatic heterocycles. The van der Waals surface area contributed by atoms with E-state index in [2.05, 4.69) is 15.3 Å². The maximum atomic E-state index is 14.7. The smallest absolute Gasteiger partial charge is 0.274 e. The third-order valence-corrected chi connectivity index (χ3v) is 5.98. The lowest BCUT2D eigenvalue weighted by atomic mass is 9.81. The number of hydrogen-bond donors (Lipinski definition) is 2. The molecule has 2 aliphatic rings. The normalized spacial score (nSPS) is 23.6. The van der Waals surface area contributed by atoms with E-state index >= 15 is 0 Å². The molecule has 0 aliphatic carbocycles. The topological polar surface area (TPSA) is 89.6 Å². The highest BCUT2D eigenvalue weighted by Gasteiger charge is 2.49. The van der Waals surface area contributed by atoms with E-state index < -0.39 is 23.7 Å². The Balaban J connectivity index is 1.62. The first-order chi connectivity index (χ1) is 13.9. The maximum absolute atomic E-state index is 14.7. The van der Waals surface area contributed by atoms with Crippen molar-refractivity contribution in [1.29, 1.82) is 0 Å². The van der Waals surface area contributed by atoms with Gasteiger partial charge in [-0.25, -0.2) is 18.2 Å². The summed E-state index contributed by atoms with van der Waals surface area (Å²) in [6.45, 7) is 0.643. The Labute approximate surface area is 168 Å². The molecule has 152 valence electrons. The molecule has 1 aromatic carbocycles. The van der Waals surface area contributed by atoms with Crippen molar-refractivity contribution < 1.29 is 22.7 Å². The van der Waals surface area contributed by atoms with Crippen LogP contribution in [0.3, 0.4) is 0 Å². The highest BCUT2D eigenvalue weighted by molar-refractivity contribution is 8.13. The summed E-state index contributed by atoms with van der Waals surface area (Å²) in [6, 6.07) is 6.52. The lowest BCUT2D eigenvalue weighted by Crippen LogP contribution is -2.40. The highest BCUT2D eigenvalue weighted by Crippen LogP contribution is 2.45. The van der Waals surface area contributed by atoms with Crippen molar-refractivity contribution in [3.63, 3.8) is 0 Å². The van der Waals surface area contributed by atoms with Crippen molar-refractivity contribution in [2.24, 2.45) is 16.6 Å². The van der Waals surface area contributed by atoms with Crippen molar-refractivity contribution in [1.82, 2.24) is 4.98 Å². The minimum atomic E-state index is -2.67. The summed E-state index contributed by atoms with van der Waals surface area (Å²) in [5.74, 6) is -0.446. The van der Waals surface area contributed by atoms with Gasteiger partial charge in [-0.05, 0) is 30.3 Å². The fraction of sp³-hybridized carbons (Fsp3) is 0.316. The first kappa shape index (κ1) is 19.7. The molecular weight excluding hydrogens is 405 g/mol. The number of amidine groups is 1. The van der Waals surface area contributed by atoms with Crippen molar-refractivity contribution >= 4 is 28.5 Å². The van der Waals surface area contributed by atoms with Gasteiger partial charge < -0.3 is 15.8 Å². The molecule has 1 saturated heterocycles. The predicted molar refractivity (Wildman–Crippen MR) is 104 cm³/mol. The highest BCUT2D eigenvalue weighted by atomic mass is 32.2. The fourth-order valence-corrected chi connectivity index (χ4v) is 4.46. The van der Waals surface area contributed by atoms with E-state index in [0.717, 1.165) is 12.3 Å². The second-order valence-corrected chi connectivity index (χ2v) is 7.86. The van der Waals surface area contributed by atoms with E-state index in [-0.39, 0.29) is 23.8 Å². The molecule has 2 aromatic rings. The molecule has 0 bridgehead atoms. The zero-order chi connectivity index (χ0) is 20.6. The molecule has 10 heteroatoms. The number of aliphatic imine (C=N–C) groups is 1. The summed E-state index contributed by atoms with van der Waals surface area (Å²) in [5.41, 5.74) is 5.28. The maximum Gasteiger partial charge on any atom is 0.274 e. The van der Waals surface area contributed by atoms with Gasteiger partial charge in [-0.1, -0.05) is 11.8 Å². The van der Waals surface area contributed by atoms with Gasteiger partial charge >= 0.3 is 0 Å². The molecule has 3 heterocycles. The molecule has 3 N–H and O–H groups in total. The number of nitrogens with two attached hydrogens (primary N) is 1. The molecular formula is C19H17F3N4O2S. The molecule has 1 aromatic heterocycles. The van der Waals surface area contributed by atoms with Gasteiger partial charge in [0, 0.05) is 34.7 Å². The molecule has 0 unspecified atom stereocenters. The summed E-state index contributed by atoms with van der Waals surface area (Å²) in [7, 11) is 0. The van der Waals surface area contributed by atoms with Crippen LogP contribution in [0.2, 0.25) is 0 Å². The van der Waals surface area contributed by atoms with Crippen LogP contribution in [0.15, 0.2) is 41.5 Å². The number of aromatic nitrogens is 1. The number of halogens is 3. The number of hydrogen-bond acceptors (Lipinski definition) is 6. The number of pyridine rings is 1. The Morgan fingerprint density at radius 3 is 2.90 bits per heavy atom. The first-order valence-electron chi connectivity index (χ1n) is 8.80. The van der Waals surface area contributed by atoms with E-state index in [1.807, 2.05) is 0 Å². The predicted octanol–water partition coefficient (Wildman–Crippen LogP) is 3.31. The summed E-state index contributed by atoms with van der Waals surface area (Å²) >= 11 is 1.40. The summed E-state index contributed by atoms with van der Waals surface area (Å²) in [6.07, 6.45) is -1.71. The summed E-state index contributed by atoms with van der Waals surface area (Å²) in [5, 5.41) is 2.98. The standard InChI is InChI=1S/C19H17F3N4O2S/c20-14-3-2-12(25-17(27)15-4-1-10(6-24-15)16(21)22)5-13(14)19-9-28-7-11(19)8-29-18(23)26-19/h1-6,11,16H,7-9H2,(H2,23,26)(H,25,27)/t11-,19-/m0/s1. The van der Waals surface area contributed by atoms with Crippen LogP contribution in [-0.2, 0) is 10.3 Å². The number of rotatable bonds is 4. The minimum absolute atomic E-state index is 0.0307. The van der Waals surface area contributed by atoms with Crippen molar-refractivity contribution in [2.75, 3.05) is 24.3 Å². The van der Waals surface area contributed by atoms with Crippen molar-refractivity contribution in [3.05, 3.63) is 59.2 Å². The molecule has 2 atom stereocenters. The van der Waals surface area contributed by atoms with Crippen LogP contribution >= 0.6 is 11.8 Å². The monoisotopic (exact) mass is 422 g/mol. The number of amides is 1. The summed E-state index contributed by atoms with van der Waals surface area (Å²) < 4.78 is 45.6. The third kappa shape index (κ3) is 3.69. The van der Waals surface area contributed by atoms with Gasteiger partial charge in [-0.15, -0.1) is 0 Å². The van der Waals surface area contributed by atoms with E-state index in [0.29, 0.717) is 28.8 Å². The van der Waals surface area contributed by atoms with Gasteiger partial charge in [-0.3, -0.25) is 9.78 Å². The second kappa shape index (κ2) is 7.68. The Bertz CT molecular complexity index is 970. The average molecular weight is 422 g/mol. The minimum Gasteiger partial charge on any atom is -0.379 e. The van der Waals surface area contributed by atoms with Gasteiger partial charge in [-0.2, -0.15) is 0 Å². The van der Waals surface area contributed by atoms with E-state index in [4.69, 9.17) is 10.5 Å². The lowest BCUT2D eigenvalue weighted by molar-refractivity contribution is 0.102. The van der Waals surface area contributed by atoms with Crippen LogP contribution in [0.25, 0.3) is 0 Å². The zero-order valence-electron chi connectivity index (χ0n) is 15.1. The largest absolute Gasteiger partial charge is 0.379 e. The SMILES string of the molecule is NC1=N[C@@]2(c3cc(NC(=O)c4ccc(C(F)F)cn4)ccc3F)COC[C@H]2CS1. The number of nitrogens with zero attached hydrogens (tertiary/aromatic N) is 2. The van der Waals surface area contributed by atoms with Gasteiger partial charge in [0.2, 0.25) is 0 Å². The van der Waals surface area contributed by atoms with Crippen LogP contribution in [0, 0.1) is 11.7 Å². The number of ether oxygens (including phenoxy) is 1. The molecule has 0 saturated carbocycles. The van der Waals surface area contributed by atoms with Gasteiger partial charge in [0.15, 0.2) is 5.17 Å². The van der Waals surface area contributed by atoms with Crippen LogP contribution in [0.1, 0.15) is 28.0 Å². The fourth-order valence-electron chi connectivity index (χ4n) is 3.49. The molecule has 29 heavy (non-hydrogen) atoms. The number of carbonyl (C=O) groups is 1. The van der Waals surface area contributed by atoms with Crippen LogP contribution < -0.4 is 11.1 Å². The quantitative estimate of drug-likeness (QED) is 0.789. The van der Waals surface area contributed by atoms with E-state index in [9.17, 15) is 18.0 Å². The van der Waals surface area contributed by atoms with E-state index in [1.165, 1.54) is 36.0 Å². The summed E-state index contributed by atoms with van der Waals surface area (Å²) in [4.78, 5) is 20.7. The number of thioether (sulfide) groups is 1. The van der Waals surface area contributed by atoms with Crippen molar-refractivity contribution in [3.8, 4) is 0 Å². The Hall–Kier alpha value is -2.59. The number of carbonyl (C=O) groups excluding carboxylic acids is 1. The van der Waals surface area contributed by atoms with Crippen molar-refractivity contribution in [2.45, 2.75) is 12.0 Å². The van der Waals surface area contributed by atoms with Crippen LogP contribution in [-0.4, -0.2) is 35.0 Å². The number of alkyl halides is 2. The van der Waals surface area contributed by atoms with Crippen LogP contribution in [0.5, 0.6) is 0 Å². The lowest BCUT2D eigenvalue weighted by Gasteiger charge is -2.34. The van der Waals surface area contributed by atoms with Gasteiger partial charge in [0.25, 0.3) is 12.3 Å².